The van der Waals surface area contributed by atoms with E-state index in [-0.39, 0.29) is 36.9 Å². The summed E-state index contributed by atoms with van der Waals surface area (Å²) in [5, 5.41) is 2.88. The summed E-state index contributed by atoms with van der Waals surface area (Å²) >= 11 is 0. The van der Waals surface area contributed by atoms with Crippen LogP contribution in [-0.2, 0) is 14.8 Å². The van der Waals surface area contributed by atoms with Crippen LogP contribution in [0.15, 0.2) is 0 Å². The van der Waals surface area contributed by atoms with Crippen LogP contribution in [-0.4, -0.2) is 50.1 Å². The number of carbonyl (C=O) groups excluding carboxylic acids is 1. The summed E-state index contributed by atoms with van der Waals surface area (Å²) in [5.41, 5.74) is 5.78. The van der Waals surface area contributed by atoms with E-state index in [0.29, 0.717) is 25.8 Å². The van der Waals surface area contributed by atoms with Crippen molar-refractivity contribution >= 4 is 15.9 Å². The number of hydrogen-bond donors (Lipinski definition) is 2. The second-order valence-electron chi connectivity index (χ2n) is 6.16. The number of rotatable bonds is 5. The monoisotopic (exact) mass is 339 g/mol. The maximum absolute atomic E-state index is 12.5. The molecule has 9 heteroatoms. The third-order valence-corrected chi connectivity index (χ3v) is 6.10. The quantitative estimate of drug-likeness (QED) is 0.763. The van der Waals surface area contributed by atoms with Gasteiger partial charge in [0.05, 0.1) is 0 Å². The Hall–Kier alpha value is -0.800. The van der Waals surface area contributed by atoms with Crippen LogP contribution in [0.2, 0.25) is 0 Å². The molecule has 0 aromatic heterocycles. The van der Waals surface area contributed by atoms with Crippen molar-refractivity contribution in [1.29, 1.82) is 0 Å². The molecule has 0 spiro atoms. The van der Waals surface area contributed by atoms with Gasteiger partial charge in [0.2, 0.25) is 5.91 Å². The minimum Gasteiger partial charge on any atom is -0.356 e. The lowest BCUT2D eigenvalue weighted by atomic mass is 9.97. The summed E-state index contributed by atoms with van der Waals surface area (Å²) < 4.78 is 48.5. The summed E-state index contributed by atoms with van der Waals surface area (Å²) in [6.45, 7) is 0.635. The average Bonchev–Trinajstić information content (AvgIpc) is 2.91. The number of carbonyl (C=O) groups is 1. The zero-order valence-electron chi connectivity index (χ0n) is 12.4. The molecule has 2 atom stereocenters. The van der Waals surface area contributed by atoms with Gasteiger partial charge in [0, 0.05) is 31.6 Å². The fraction of sp³-hybridized carbons (Fsp3) is 0.923. The normalized spacial score (nSPS) is 28.2. The Morgan fingerprint density at radius 2 is 1.86 bits per heavy atom. The predicted octanol–water partition coefficient (Wildman–Crippen LogP) is 0.494. The molecule has 1 heterocycles. The highest BCUT2D eigenvalue weighted by atomic mass is 32.2. The molecule has 1 aliphatic carbocycles. The average molecular weight is 339 g/mol. The van der Waals surface area contributed by atoms with Crippen LogP contribution in [0.3, 0.4) is 0 Å². The van der Waals surface area contributed by atoms with E-state index >= 15 is 0 Å². The molecule has 2 unspecified atom stereocenters. The van der Waals surface area contributed by atoms with E-state index in [0.717, 1.165) is 17.1 Å². The number of halogens is 2. The van der Waals surface area contributed by atoms with Crippen molar-refractivity contribution in [3.05, 3.63) is 0 Å². The molecule has 2 rings (SSSR count). The molecular formula is C13H23F2N3O3S. The minimum absolute atomic E-state index is 0.00409. The molecule has 0 radical (unpaired) electrons. The molecule has 2 fully saturated rings. The molecule has 0 bridgehead atoms. The fourth-order valence-corrected chi connectivity index (χ4v) is 4.07. The van der Waals surface area contributed by atoms with Gasteiger partial charge in [-0.15, -0.1) is 0 Å². The summed E-state index contributed by atoms with van der Waals surface area (Å²) in [5.74, 6) is -3.27. The van der Waals surface area contributed by atoms with E-state index < -0.39 is 15.8 Å². The van der Waals surface area contributed by atoms with Crippen LogP contribution in [0.25, 0.3) is 0 Å². The van der Waals surface area contributed by atoms with Crippen molar-refractivity contribution in [3.8, 4) is 0 Å². The molecule has 6 nitrogen and oxygen atoms in total. The SMILES string of the molecule is NC1CCC(C(=O)NCC2CCN(S(=O)(=O)C(F)F)CC2)C1. The van der Waals surface area contributed by atoms with Crippen molar-refractivity contribution < 1.29 is 22.0 Å². The Balaban J connectivity index is 1.73. The van der Waals surface area contributed by atoms with Crippen LogP contribution in [0.5, 0.6) is 0 Å². The number of nitrogens with zero attached hydrogens (tertiary/aromatic N) is 1. The molecule has 1 saturated carbocycles. The molecule has 1 aliphatic heterocycles. The molecule has 0 aromatic rings. The molecule has 1 saturated heterocycles. The number of piperidine rings is 1. The smallest absolute Gasteiger partial charge is 0.350 e. The van der Waals surface area contributed by atoms with Crippen molar-refractivity contribution in [3.63, 3.8) is 0 Å². The standard InChI is InChI=1S/C13H23F2N3O3S/c14-13(15)22(20,21)18-5-3-9(4-6-18)8-17-12(19)10-1-2-11(16)7-10/h9-11,13H,1-8,16H2,(H,17,19). The first kappa shape index (κ1) is 17.6. The van der Waals surface area contributed by atoms with E-state index in [1.807, 2.05) is 0 Å². The van der Waals surface area contributed by atoms with Crippen LogP contribution in [0.4, 0.5) is 8.78 Å². The molecule has 128 valence electrons. The second kappa shape index (κ2) is 7.18. The lowest BCUT2D eigenvalue weighted by Gasteiger charge is -2.31. The van der Waals surface area contributed by atoms with Gasteiger partial charge in [0.25, 0.3) is 10.0 Å². The molecule has 0 aromatic carbocycles. The number of nitrogens with two attached hydrogens (primary N) is 1. The summed E-state index contributed by atoms with van der Waals surface area (Å²) in [4.78, 5) is 12.0. The first-order chi connectivity index (χ1) is 10.3. The summed E-state index contributed by atoms with van der Waals surface area (Å²) in [6, 6.07) is 0.0959. The lowest BCUT2D eigenvalue weighted by Crippen LogP contribution is -2.44. The van der Waals surface area contributed by atoms with Gasteiger partial charge in [0.1, 0.15) is 0 Å². The van der Waals surface area contributed by atoms with Crippen LogP contribution in [0, 0.1) is 11.8 Å². The zero-order valence-corrected chi connectivity index (χ0v) is 13.2. The number of hydrogen-bond acceptors (Lipinski definition) is 4. The topological polar surface area (TPSA) is 92.5 Å². The largest absolute Gasteiger partial charge is 0.356 e. The van der Waals surface area contributed by atoms with Gasteiger partial charge in [-0.05, 0) is 38.0 Å². The highest BCUT2D eigenvalue weighted by Gasteiger charge is 2.35. The van der Waals surface area contributed by atoms with Gasteiger partial charge in [-0.3, -0.25) is 4.79 Å². The molecule has 2 aliphatic rings. The lowest BCUT2D eigenvalue weighted by molar-refractivity contribution is -0.125. The Bertz CT molecular complexity index is 493. The number of sulfonamides is 1. The van der Waals surface area contributed by atoms with Crippen molar-refractivity contribution in [1.82, 2.24) is 9.62 Å². The van der Waals surface area contributed by atoms with Gasteiger partial charge in [0.15, 0.2) is 0 Å². The summed E-state index contributed by atoms with van der Waals surface area (Å²) in [6.07, 6.45) is 3.34. The van der Waals surface area contributed by atoms with Gasteiger partial charge in [-0.1, -0.05) is 0 Å². The molecule has 3 N–H and O–H groups in total. The highest BCUT2D eigenvalue weighted by molar-refractivity contribution is 7.89. The van der Waals surface area contributed by atoms with Gasteiger partial charge in [-0.2, -0.15) is 13.1 Å². The maximum atomic E-state index is 12.5. The number of nitrogens with one attached hydrogen (secondary N) is 1. The Kier molecular flexibility index (Phi) is 5.73. The van der Waals surface area contributed by atoms with Crippen molar-refractivity contribution in [2.45, 2.75) is 43.9 Å². The van der Waals surface area contributed by atoms with Gasteiger partial charge in [-0.25, -0.2) is 8.42 Å². The Morgan fingerprint density at radius 1 is 1.23 bits per heavy atom. The first-order valence-electron chi connectivity index (χ1n) is 7.61. The van der Waals surface area contributed by atoms with Crippen LogP contribution < -0.4 is 11.1 Å². The molecular weight excluding hydrogens is 316 g/mol. The van der Waals surface area contributed by atoms with E-state index in [2.05, 4.69) is 5.32 Å². The van der Waals surface area contributed by atoms with Crippen molar-refractivity contribution in [2.24, 2.45) is 17.6 Å². The highest BCUT2D eigenvalue weighted by Crippen LogP contribution is 2.25. The fourth-order valence-electron chi connectivity index (χ4n) is 3.12. The first-order valence-corrected chi connectivity index (χ1v) is 9.11. The zero-order chi connectivity index (χ0) is 16.3. The third-order valence-electron chi connectivity index (χ3n) is 4.57. The van der Waals surface area contributed by atoms with E-state index in [1.165, 1.54) is 0 Å². The maximum Gasteiger partial charge on any atom is 0.350 e. The molecule has 22 heavy (non-hydrogen) atoms. The van der Waals surface area contributed by atoms with Gasteiger partial charge < -0.3 is 11.1 Å². The van der Waals surface area contributed by atoms with E-state index in [4.69, 9.17) is 5.73 Å². The third kappa shape index (κ3) is 4.14. The minimum atomic E-state index is -4.48. The number of amides is 1. The van der Waals surface area contributed by atoms with Crippen LogP contribution >= 0.6 is 0 Å². The number of alkyl halides is 2. The van der Waals surface area contributed by atoms with Crippen LogP contribution in [0.1, 0.15) is 32.1 Å². The van der Waals surface area contributed by atoms with Crippen molar-refractivity contribution in [2.75, 3.05) is 19.6 Å². The Morgan fingerprint density at radius 3 is 2.36 bits per heavy atom. The second-order valence-corrected chi connectivity index (χ2v) is 8.07. The van der Waals surface area contributed by atoms with Gasteiger partial charge >= 0.3 is 5.76 Å². The Labute approximate surface area is 129 Å². The predicted molar refractivity (Wildman–Crippen MR) is 77.5 cm³/mol. The van der Waals surface area contributed by atoms with E-state index in [1.54, 1.807) is 0 Å². The van der Waals surface area contributed by atoms with E-state index in [9.17, 15) is 22.0 Å². The summed E-state index contributed by atoms with van der Waals surface area (Å²) in [7, 11) is -4.48. The molecule has 1 amide bonds.